The molecule has 2 N–H and O–H groups in total. The number of aromatic carboxylic acids is 1. The number of anilines is 1. The molecular formula is C16H17NO7S. The smallest absolute Gasteiger partial charge is 0.335 e. The zero-order valence-corrected chi connectivity index (χ0v) is 14.6. The van der Waals surface area contributed by atoms with Crippen molar-refractivity contribution in [3.8, 4) is 17.2 Å². The molecule has 0 aromatic heterocycles. The summed E-state index contributed by atoms with van der Waals surface area (Å²) < 4.78 is 43.3. The molecule has 0 unspecified atom stereocenters. The van der Waals surface area contributed by atoms with Gasteiger partial charge < -0.3 is 19.3 Å². The molecule has 0 bridgehead atoms. The van der Waals surface area contributed by atoms with Crippen molar-refractivity contribution in [1.29, 1.82) is 0 Å². The van der Waals surface area contributed by atoms with Gasteiger partial charge in [-0.25, -0.2) is 13.2 Å². The lowest BCUT2D eigenvalue weighted by Crippen LogP contribution is -2.16. The molecule has 9 heteroatoms. The number of hydrogen-bond donors (Lipinski definition) is 2. The predicted molar refractivity (Wildman–Crippen MR) is 90.3 cm³/mol. The average molecular weight is 367 g/mol. The molecule has 0 radical (unpaired) electrons. The number of sulfonamides is 1. The molecule has 0 spiro atoms. The summed E-state index contributed by atoms with van der Waals surface area (Å²) in [6, 6.07) is 8.25. The number of carboxylic acid groups (broad SMARTS) is 1. The van der Waals surface area contributed by atoms with Crippen molar-refractivity contribution in [3.63, 3.8) is 0 Å². The first-order valence-corrected chi connectivity index (χ1v) is 8.47. The Balaban J connectivity index is 2.53. The van der Waals surface area contributed by atoms with Gasteiger partial charge in [-0.1, -0.05) is 6.07 Å². The third-order valence-electron chi connectivity index (χ3n) is 3.30. The van der Waals surface area contributed by atoms with Crippen LogP contribution in [0.25, 0.3) is 0 Å². The quantitative estimate of drug-likeness (QED) is 0.772. The highest BCUT2D eigenvalue weighted by Gasteiger charge is 2.26. The predicted octanol–water partition coefficient (Wildman–Crippen LogP) is 2.21. The van der Waals surface area contributed by atoms with Gasteiger partial charge in [0.1, 0.15) is 17.2 Å². The number of benzene rings is 2. The van der Waals surface area contributed by atoms with Crippen molar-refractivity contribution in [2.75, 3.05) is 26.1 Å². The van der Waals surface area contributed by atoms with Gasteiger partial charge in [-0.3, -0.25) is 4.72 Å². The second kappa shape index (κ2) is 7.31. The molecule has 134 valence electrons. The molecule has 0 aliphatic rings. The van der Waals surface area contributed by atoms with E-state index < -0.39 is 16.0 Å². The number of nitrogens with one attached hydrogen (secondary N) is 1. The molecule has 0 fully saturated rings. The lowest BCUT2D eigenvalue weighted by atomic mass is 10.2. The molecule has 0 heterocycles. The molecule has 2 aromatic carbocycles. The topological polar surface area (TPSA) is 111 Å². The summed E-state index contributed by atoms with van der Waals surface area (Å²) >= 11 is 0. The fourth-order valence-corrected chi connectivity index (χ4v) is 3.51. The van der Waals surface area contributed by atoms with Gasteiger partial charge in [-0.2, -0.15) is 0 Å². The zero-order chi connectivity index (χ0) is 18.6. The average Bonchev–Trinajstić information content (AvgIpc) is 2.60. The lowest BCUT2D eigenvalue weighted by molar-refractivity contribution is 0.0697. The van der Waals surface area contributed by atoms with E-state index in [1.54, 1.807) is 0 Å². The third-order valence-corrected chi connectivity index (χ3v) is 4.74. The molecule has 8 nitrogen and oxygen atoms in total. The summed E-state index contributed by atoms with van der Waals surface area (Å²) in [4.78, 5) is 10.8. The van der Waals surface area contributed by atoms with Gasteiger partial charge >= 0.3 is 5.97 Å². The van der Waals surface area contributed by atoms with E-state index in [0.717, 1.165) is 0 Å². The van der Waals surface area contributed by atoms with E-state index >= 15 is 0 Å². The van der Waals surface area contributed by atoms with Crippen LogP contribution < -0.4 is 18.9 Å². The second-order valence-electron chi connectivity index (χ2n) is 4.85. The lowest BCUT2D eigenvalue weighted by Gasteiger charge is -2.16. The van der Waals surface area contributed by atoms with Gasteiger partial charge in [0.05, 0.1) is 26.9 Å². The monoisotopic (exact) mass is 367 g/mol. The van der Waals surface area contributed by atoms with Crippen LogP contribution in [-0.4, -0.2) is 40.8 Å². The minimum atomic E-state index is -4.11. The number of carbonyl (C=O) groups is 1. The fourth-order valence-electron chi connectivity index (χ4n) is 2.16. The maximum absolute atomic E-state index is 12.8. The molecule has 0 amide bonds. The number of hydrogen-bond acceptors (Lipinski definition) is 6. The van der Waals surface area contributed by atoms with Crippen molar-refractivity contribution in [2.24, 2.45) is 0 Å². The van der Waals surface area contributed by atoms with Crippen LogP contribution in [-0.2, 0) is 10.0 Å². The SMILES string of the molecule is COc1cc(OC)c(S(=O)(=O)Nc2cccc(C(=O)O)c2)c(OC)c1. The van der Waals surface area contributed by atoms with Crippen LogP contribution in [0, 0.1) is 0 Å². The minimum absolute atomic E-state index is 0.0260. The Morgan fingerprint density at radius 1 is 1.00 bits per heavy atom. The molecular weight excluding hydrogens is 350 g/mol. The Kier molecular flexibility index (Phi) is 5.38. The molecule has 0 aliphatic heterocycles. The first kappa shape index (κ1) is 18.4. The molecule has 2 rings (SSSR count). The van der Waals surface area contributed by atoms with Crippen LogP contribution in [0.5, 0.6) is 17.2 Å². The minimum Gasteiger partial charge on any atom is -0.496 e. The van der Waals surface area contributed by atoms with Crippen molar-refractivity contribution < 1.29 is 32.5 Å². The highest BCUT2D eigenvalue weighted by molar-refractivity contribution is 7.93. The van der Waals surface area contributed by atoms with E-state index in [0.29, 0.717) is 5.75 Å². The van der Waals surface area contributed by atoms with Crippen LogP contribution in [0.2, 0.25) is 0 Å². The van der Waals surface area contributed by atoms with Crippen molar-refractivity contribution in [3.05, 3.63) is 42.0 Å². The maximum atomic E-state index is 12.8. The number of methoxy groups -OCH3 is 3. The maximum Gasteiger partial charge on any atom is 0.335 e. The summed E-state index contributed by atoms with van der Waals surface area (Å²) in [5, 5.41) is 9.02. The van der Waals surface area contributed by atoms with E-state index in [2.05, 4.69) is 4.72 Å². The summed E-state index contributed by atoms with van der Waals surface area (Å²) in [5.41, 5.74) is 0.0497. The molecule has 25 heavy (non-hydrogen) atoms. The Morgan fingerprint density at radius 3 is 2.08 bits per heavy atom. The van der Waals surface area contributed by atoms with E-state index in [4.69, 9.17) is 19.3 Å². The normalized spacial score (nSPS) is 10.8. The second-order valence-corrected chi connectivity index (χ2v) is 6.47. The summed E-state index contributed by atoms with van der Waals surface area (Å²) in [6.45, 7) is 0. The Bertz CT molecular complexity index is 868. The van der Waals surface area contributed by atoms with Gasteiger partial charge in [-0.05, 0) is 18.2 Å². The van der Waals surface area contributed by atoms with Crippen LogP contribution in [0.4, 0.5) is 5.69 Å². The van der Waals surface area contributed by atoms with Gasteiger partial charge in [0.15, 0.2) is 4.90 Å². The third kappa shape index (κ3) is 3.94. The summed E-state index contributed by atoms with van der Waals surface area (Å²) in [6.07, 6.45) is 0. The van der Waals surface area contributed by atoms with Crippen molar-refractivity contribution in [1.82, 2.24) is 0 Å². The molecule has 0 aliphatic carbocycles. The highest BCUT2D eigenvalue weighted by atomic mass is 32.2. The van der Waals surface area contributed by atoms with Gasteiger partial charge in [0.2, 0.25) is 0 Å². The highest BCUT2D eigenvalue weighted by Crippen LogP contribution is 2.38. The van der Waals surface area contributed by atoms with Crippen LogP contribution >= 0.6 is 0 Å². The largest absolute Gasteiger partial charge is 0.496 e. The van der Waals surface area contributed by atoms with Crippen molar-refractivity contribution >= 4 is 21.7 Å². The number of rotatable bonds is 7. The first-order chi connectivity index (χ1) is 11.8. The standard InChI is InChI=1S/C16H17NO7S/c1-22-12-8-13(23-2)15(14(9-12)24-3)25(20,21)17-11-6-4-5-10(7-11)16(18)19/h4-9,17H,1-3H3,(H,18,19). The molecule has 0 saturated carbocycles. The van der Waals surface area contributed by atoms with Gasteiger partial charge in [0.25, 0.3) is 10.0 Å². The first-order valence-electron chi connectivity index (χ1n) is 6.98. The van der Waals surface area contributed by atoms with Crippen molar-refractivity contribution in [2.45, 2.75) is 4.90 Å². The zero-order valence-electron chi connectivity index (χ0n) is 13.8. The molecule has 2 aromatic rings. The van der Waals surface area contributed by atoms with E-state index in [-0.39, 0.29) is 27.6 Å². The fraction of sp³-hybridized carbons (Fsp3) is 0.188. The van der Waals surface area contributed by atoms with Crippen LogP contribution in [0.1, 0.15) is 10.4 Å². The Labute approximate surface area is 145 Å². The van der Waals surface area contributed by atoms with E-state index in [9.17, 15) is 13.2 Å². The molecule has 0 saturated heterocycles. The molecule has 0 atom stereocenters. The van der Waals surface area contributed by atoms with E-state index in [1.807, 2.05) is 0 Å². The summed E-state index contributed by atoms with van der Waals surface area (Å²) in [5.74, 6) is -0.752. The number of carboxylic acids is 1. The van der Waals surface area contributed by atoms with Crippen LogP contribution in [0.15, 0.2) is 41.3 Å². The Morgan fingerprint density at radius 2 is 1.60 bits per heavy atom. The van der Waals surface area contributed by atoms with Crippen LogP contribution in [0.3, 0.4) is 0 Å². The van der Waals surface area contributed by atoms with E-state index in [1.165, 1.54) is 57.7 Å². The number of ether oxygens (including phenoxy) is 3. The Hall–Kier alpha value is -2.94. The summed E-state index contributed by atoms with van der Waals surface area (Å²) in [7, 11) is -0.0507. The van der Waals surface area contributed by atoms with Gasteiger partial charge in [-0.15, -0.1) is 0 Å². The van der Waals surface area contributed by atoms with Gasteiger partial charge in [0, 0.05) is 17.8 Å².